The summed E-state index contributed by atoms with van der Waals surface area (Å²) in [7, 11) is 0. The van der Waals surface area contributed by atoms with E-state index in [9.17, 15) is 29.4 Å². The predicted octanol–water partition coefficient (Wildman–Crippen LogP) is 5.05. The molecule has 296 valence electrons. The van der Waals surface area contributed by atoms with Crippen molar-refractivity contribution in [2.75, 3.05) is 6.54 Å². The van der Waals surface area contributed by atoms with Crippen LogP contribution in [0.3, 0.4) is 0 Å². The van der Waals surface area contributed by atoms with Crippen LogP contribution in [0.5, 0.6) is 0 Å². The number of ether oxygens (including phenoxy) is 4. The molecular formula is C41H42N6O10. The molecule has 2 heterocycles. The molecule has 0 unspecified atom stereocenters. The second-order valence-electron chi connectivity index (χ2n) is 13.1. The van der Waals surface area contributed by atoms with Crippen molar-refractivity contribution in [3.8, 4) is 0 Å². The number of fused-ring (bicyclic) bond motifs is 1. The number of rotatable bonds is 9. The average Bonchev–Trinajstić information content (AvgIpc) is 3.54. The standard InChI is InChI=1S/C41H42N6O10/c1-28-34(42-35(43-37(49)54-24-29-14-6-2-7-15-29)44-38(50)55-25-30-16-8-3-9-17-30)41(53)33(48)22-23-46(41)36(45-39(51)56-26-31-18-10-4-11-19-31)47(28)40(52)57-27-32-20-12-5-13-21-32/h2-21,28,33-34,48,53H,22-27H2,1H3,(H2,42,43,44,49,50)/b45-36+/t28-,33-,34-,41-/m1/s1. The second-order valence-corrected chi connectivity index (χ2v) is 13.1. The summed E-state index contributed by atoms with van der Waals surface area (Å²) in [6, 6.07) is 32.6. The van der Waals surface area contributed by atoms with Gasteiger partial charge in [0.05, 0.1) is 6.04 Å². The van der Waals surface area contributed by atoms with Crippen molar-refractivity contribution >= 4 is 36.3 Å². The topological polar surface area (TPSA) is 201 Å². The summed E-state index contributed by atoms with van der Waals surface area (Å²) < 4.78 is 21.8. The number of guanidine groups is 2. The fraction of sp³-hybridized carbons (Fsp3) is 0.268. The molecule has 4 amide bonds. The third-order valence-corrected chi connectivity index (χ3v) is 9.24. The van der Waals surface area contributed by atoms with Crippen LogP contribution in [0.1, 0.15) is 35.6 Å². The van der Waals surface area contributed by atoms with Crippen molar-refractivity contribution in [2.24, 2.45) is 9.98 Å². The highest BCUT2D eigenvalue weighted by Gasteiger charge is 2.62. The Morgan fingerprint density at radius 1 is 0.684 bits per heavy atom. The number of hydrogen-bond donors (Lipinski definition) is 4. The zero-order valence-electron chi connectivity index (χ0n) is 31.0. The number of carbonyl (C=O) groups is 4. The number of carbonyl (C=O) groups excluding carboxylic acids is 4. The van der Waals surface area contributed by atoms with Crippen LogP contribution in [0.25, 0.3) is 0 Å². The lowest BCUT2D eigenvalue weighted by Gasteiger charge is -2.51. The van der Waals surface area contributed by atoms with Crippen LogP contribution in [0.15, 0.2) is 131 Å². The van der Waals surface area contributed by atoms with E-state index in [1.54, 1.807) is 115 Å². The van der Waals surface area contributed by atoms with E-state index in [-0.39, 0.29) is 45.4 Å². The summed E-state index contributed by atoms with van der Waals surface area (Å²) in [4.78, 5) is 64.3. The fourth-order valence-corrected chi connectivity index (χ4v) is 6.38. The molecule has 4 N–H and O–H groups in total. The van der Waals surface area contributed by atoms with Crippen LogP contribution < -0.4 is 10.6 Å². The molecule has 0 radical (unpaired) electrons. The number of alkyl carbamates (subject to hydrolysis) is 2. The fourth-order valence-electron chi connectivity index (χ4n) is 6.38. The van der Waals surface area contributed by atoms with E-state index in [1.165, 1.54) is 6.92 Å². The third-order valence-electron chi connectivity index (χ3n) is 9.24. The maximum absolute atomic E-state index is 14.0. The van der Waals surface area contributed by atoms with E-state index >= 15 is 0 Å². The predicted molar refractivity (Wildman–Crippen MR) is 205 cm³/mol. The maximum atomic E-state index is 14.0. The Bertz CT molecular complexity index is 2000. The Morgan fingerprint density at radius 2 is 1.11 bits per heavy atom. The van der Waals surface area contributed by atoms with Crippen LogP contribution >= 0.6 is 0 Å². The molecule has 2 saturated heterocycles. The van der Waals surface area contributed by atoms with Gasteiger partial charge in [-0.1, -0.05) is 121 Å². The van der Waals surface area contributed by atoms with Gasteiger partial charge < -0.3 is 34.1 Å². The molecule has 6 rings (SSSR count). The minimum absolute atomic E-state index is 0.0470. The highest BCUT2D eigenvalue weighted by molar-refractivity contribution is 6.02. The lowest BCUT2D eigenvalue weighted by molar-refractivity contribution is -0.155. The van der Waals surface area contributed by atoms with Gasteiger partial charge in [0, 0.05) is 6.54 Å². The first kappa shape index (κ1) is 39.9. The van der Waals surface area contributed by atoms with Gasteiger partial charge in [0.1, 0.15) is 38.6 Å². The Labute approximate surface area is 328 Å². The number of nitrogens with one attached hydrogen (secondary N) is 2. The molecular weight excluding hydrogens is 736 g/mol. The summed E-state index contributed by atoms with van der Waals surface area (Å²) >= 11 is 0. The Morgan fingerprint density at radius 3 is 1.56 bits per heavy atom. The van der Waals surface area contributed by atoms with E-state index in [4.69, 9.17) is 18.9 Å². The van der Waals surface area contributed by atoms with Gasteiger partial charge >= 0.3 is 24.4 Å². The number of nitrogens with zero attached hydrogens (tertiary/aromatic N) is 4. The van der Waals surface area contributed by atoms with Gasteiger partial charge in [-0.2, -0.15) is 0 Å². The van der Waals surface area contributed by atoms with E-state index in [2.05, 4.69) is 20.6 Å². The summed E-state index contributed by atoms with van der Waals surface area (Å²) in [6.07, 6.45) is -5.67. The lowest BCUT2D eigenvalue weighted by atomic mass is 9.90. The van der Waals surface area contributed by atoms with Crippen molar-refractivity contribution in [3.63, 3.8) is 0 Å². The summed E-state index contributed by atoms with van der Waals surface area (Å²) in [5.41, 5.74) is 0.365. The number of aliphatic imine (C=N–C) groups is 2. The van der Waals surface area contributed by atoms with Crippen molar-refractivity contribution in [2.45, 2.75) is 63.7 Å². The van der Waals surface area contributed by atoms with Crippen LogP contribution in [0.2, 0.25) is 0 Å². The highest BCUT2D eigenvalue weighted by Crippen LogP contribution is 2.40. The van der Waals surface area contributed by atoms with Gasteiger partial charge in [-0.05, 0) is 35.6 Å². The molecule has 0 aromatic heterocycles. The van der Waals surface area contributed by atoms with Gasteiger partial charge in [-0.25, -0.2) is 29.1 Å². The second kappa shape index (κ2) is 18.7. The zero-order chi connectivity index (χ0) is 40.2. The Hall–Kier alpha value is -6.78. The maximum Gasteiger partial charge on any atom is 0.437 e. The molecule has 2 fully saturated rings. The largest absolute Gasteiger partial charge is 0.444 e. The third kappa shape index (κ3) is 10.1. The summed E-state index contributed by atoms with van der Waals surface area (Å²) in [6.45, 7) is 0.822. The van der Waals surface area contributed by atoms with Gasteiger partial charge in [0.2, 0.25) is 11.9 Å². The average molecular weight is 779 g/mol. The molecule has 57 heavy (non-hydrogen) atoms. The van der Waals surface area contributed by atoms with Gasteiger partial charge in [-0.15, -0.1) is 4.99 Å². The van der Waals surface area contributed by atoms with E-state index in [0.717, 1.165) is 9.80 Å². The number of hydrogen-bond acceptors (Lipinski definition) is 11. The molecule has 4 aromatic carbocycles. The molecule has 0 aliphatic carbocycles. The molecule has 0 bridgehead atoms. The van der Waals surface area contributed by atoms with Crippen molar-refractivity contribution in [1.82, 2.24) is 20.4 Å². The minimum Gasteiger partial charge on any atom is -0.444 e. The highest BCUT2D eigenvalue weighted by atomic mass is 16.6. The SMILES string of the molecule is C[C@@H]1[C@@H](N=C(NC(=O)OCc2ccccc2)NC(=O)OCc2ccccc2)[C@]2(O)[C@H](O)CCN2/C(=N\C(=O)OCc2ccccc2)N1C(=O)OCc1ccccc1. The lowest BCUT2D eigenvalue weighted by Crippen LogP contribution is -2.74. The number of amides is 4. The number of aliphatic hydroxyl groups excluding tert-OH is 1. The van der Waals surface area contributed by atoms with Crippen molar-refractivity contribution < 1.29 is 48.3 Å². The van der Waals surface area contributed by atoms with Crippen LogP contribution in [0.4, 0.5) is 19.2 Å². The van der Waals surface area contributed by atoms with Crippen LogP contribution in [-0.4, -0.2) is 86.8 Å². The van der Waals surface area contributed by atoms with Gasteiger partial charge in [-0.3, -0.25) is 10.6 Å². The van der Waals surface area contributed by atoms with Gasteiger partial charge in [0.15, 0.2) is 5.72 Å². The molecule has 4 aromatic rings. The van der Waals surface area contributed by atoms with Crippen molar-refractivity contribution in [3.05, 3.63) is 144 Å². The number of benzene rings is 4. The summed E-state index contributed by atoms with van der Waals surface area (Å²) in [5.74, 6) is -0.896. The summed E-state index contributed by atoms with van der Waals surface area (Å²) in [5, 5.41) is 28.5. The monoisotopic (exact) mass is 778 g/mol. The van der Waals surface area contributed by atoms with E-state index in [0.29, 0.717) is 22.3 Å². The normalized spacial score (nSPS) is 20.5. The molecule has 2 aliphatic heterocycles. The Balaban J connectivity index is 1.33. The molecule has 0 spiro atoms. The smallest absolute Gasteiger partial charge is 0.437 e. The van der Waals surface area contributed by atoms with Crippen LogP contribution in [0, 0.1) is 0 Å². The first-order valence-corrected chi connectivity index (χ1v) is 18.1. The quantitative estimate of drug-likeness (QED) is 0.101. The van der Waals surface area contributed by atoms with Crippen LogP contribution in [-0.2, 0) is 45.4 Å². The van der Waals surface area contributed by atoms with E-state index < -0.39 is 54.2 Å². The molecule has 16 heteroatoms. The molecule has 4 atom stereocenters. The zero-order valence-corrected chi connectivity index (χ0v) is 31.0. The Kier molecular flexibility index (Phi) is 13.1. The van der Waals surface area contributed by atoms with E-state index in [1.807, 2.05) is 6.07 Å². The molecule has 16 nitrogen and oxygen atoms in total. The minimum atomic E-state index is -2.34. The molecule has 0 saturated carbocycles. The first-order valence-electron chi connectivity index (χ1n) is 18.1. The first-order chi connectivity index (χ1) is 27.6. The number of aliphatic hydroxyl groups is 2. The van der Waals surface area contributed by atoms with Gasteiger partial charge in [0.25, 0.3) is 0 Å². The molecule has 2 aliphatic rings. The van der Waals surface area contributed by atoms with Crippen molar-refractivity contribution in [1.29, 1.82) is 0 Å².